The van der Waals surface area contributed by atoms with Gasteiger partial charge >= 0.3 is 6.18 Å². The summed E-state index contributed by atoms with van der Waals surface area (Å²) in [5.74, 6) is -1.19. The molecule has 2 aromatic heterocycles. The van der Waals surface area contributed by atoms with Gasteiger partial charge < -0.3 is 11.1 Å². The highest BCUT2D eigenvalue weighted by Crippen LogP contribution is 2.33. The Labute approximate surface area is 161 Å². The number of rotatable bonds is 4. The predicted molar refractivity (Wildman–Crippen MR) is 98.0 cm³/mol. The van der Waals surface area contributed by atoms with Crippen LogP contribution < -0.4 is 11.1 Å². The molecule has 3 rings (SSSR count). The van der Waals surface area contributed by atoms with Crippen LogP contribution in [0.5, 0.6) is 0 Å². The normalized spacial score (nSPS) is 11.3. The van der Waals surface area contributed by atoms with Crippen molar-refractivity contribution in [1.29, 1.82) is 0 Å². The van der Waals surface area contributed by atoms with Crippen LogP contribution >= 0.6 is 11.3 Å². The molecule has 10 heteroatoms. The van der Waals surface area contributed by atoms with Gasteiger partial charge in [-0.3, -0.25) is 9.59 Å². The monoisotopic (exact) mass is 406 g/mol. The second kappa shape index (κ2) is 7.39. The van der Waals surface area contributed by atoms with Crippen molar-refractivity contribution < 1.29 is 22.8 Å². The largest absolute Gasteiger partial charge is 0.416 e. The van der Waals surface area contributed by atoms with E-state index in [0.717, 1.165) is 12.1 Å². The predicted octanol–water partition coefficient (Wildman–Crippen LogP) is 3.88. The van der Waals surface area contributed by atoms with E-state index in [2.05, 4.69) is 15.3 Å². The number of hydrogen-bond donors (Lipinski definition) is 2. The molecule has 6 nitrogen and oxygen atoms in total. The zero-order valence-electron chi connectivity index (χ0n) is 14.4. The minimum Gasteiger partial charge on any atom is -0.364 e. The molecule has 0 radical (unpaired) electrons. The standard InChI is InChI=1S/C18H13F3N4O2S/c1-9-14(16(27)24-12-6-7-13(15(22)26)23-8-12)25-17(28-9)10-2-4-11(5-3-10)18(19,20)21/h2-8H,1H3,(H2,22,26)(H,24,27). The first kappa shape index (κ1) is 19.5. The first-order chi connectivity index (χ1) is 13.1. The van der Waals surface area contributed by atoms with Gasteiger partial charge in [-0.2, -0.15) is 13.2 Å². The molecular formula is C18H13F3N4O2S. The summed E-state index contributed by atoms with van der Waals surface area (Å²) in [6, 6.07) is 7.42. The molecule has 0 aliphatic carbocycles. The Morgan fingerprint density at radius 1 is 1.11 bits per heavy atom. The summed E-state index contributed by atoms with van der Waals surface area (Å²) in [5, 5.41) is 3.03. The van der Waals surface area contributed by atoms with Crippen LogP contribution in [-0.2, 0) is 6.18 Å². The van der Waals surface area contributed by atoms with Crippen molar-refractivity contribution in [3.63, 3.8) is 0 Å². The summed E-state index contributed by atoms with van der Waals surface area (Å²) < 4.78 is 38.0. The number of nitrogens with two attached hydrogens (primary N) is 1. The van der Waals surface area contributed by atoms with E-state index in [9.17, 15) is 22.8 Å². The molecule has 3 aromatic rings. The Kier molecular flexibility index (Phi) is 5.14. The van der Waals surface area contributed by atoms with Crippen molar-refractivity contribution in [3.05, 3.63) is 64.4 Å². The Morgan fingerprint density at radius 2 is 1.79 bits per heavy atom. The van der Waals surface area contributed by atoms with Gasteiger partial charge in [-0.1, -0.05) is 12.1 Å². The second-order valence-corrected chi connectivity index (χ2v) is 6.95. The number of amides is 2. The number of anilines is 1. The number of alkyl halides is 3. The molecule has 2 amide bonds. The molecule has 0 saturated carbocycles. The van der Waals surface area contributed by atoms with Crippen LogP contribution in [0.2, 0.25) is 0 Å². The maximum atomic E-state index is 12.7. The SMILES string of the molecule is Cc1sc(-c2ccc(C(F)(F)F)cc2)nc1C(=O)Nc1ccc(C(N)=O)nc1. The molecule has 0 saturated heterocycles. The average molecular weight is 406 g/mol. The molecule has 0 unspecified atom stereocenters. The molecule has 0 aliphatic rings. The first-order valence-electron chi connectivity index (χ1n) is 7.87. The Morgan fingerprint density at radius 3 is 2.32 bits per heavy atom. The fraction of sp³-hybridized carbons (Fsp3) is 0.111. The number of carbonyl (C=O) groups excluding carboxylic acids is 2. The number of benzene rings is 1. The lowest BCUT2D eigenvalue weighted by Gasteiger charge is -2.06. The number of nitrogens with zero attached hydrogens (tertiary/aromatic N) is 2. The van der Waals surface area contributed by atoms with E-state index in [1.807, 2.05) is 0 Å². The van der Waals surface area contributed by atoms with E-state index in [-0.39, 0.29) is 11.4 Å². The fourth-order valence-corrected chi connectivity index (χ4v) is 3.25. The second-order valence-electron chi connectivity index (χ2n) is 5.75. The smallest absolute Gasteiger partial charge is 0.364 e. The van der Waals surface area contributed by atoms with Crippen LogP contribution in [0.3, 0.4) is 0 Å². The quantitative estimate of drug-likeness (QED) is 0.687. The summed E-state index contributed by atoms with van der Waals surface area (Å²) in [6.45, 7) is 1.69. The Balaban J connectivity index is 1.79. The minimum atomic E-state index is -4.42. The number of primary amides is 1. The number of carbonyl (C=O) groups is 2. The summed E-state index contributed by atoms with van der Waals surface area (Å²) in [4.78, 5) is 32.1. The van der Waals surface area contributed by atoms with Gasteiger partial charge in [0.15, 0.2) is 0 Å². The molecule has 2 heterocycles. The van der Waals surface area contributed by atoms with Gasteiger partial charge in [-0.25, -0.2) is 9.97 Å². The van der Waals surface area contributed by atoms with E-state index < -0.39 is 23.6 Å². The fourth-order valence-electron chi connectivity index (χ4n) is 2.34. The highest BCUT2D eigenvalue weighted by atomic mass is 32.1. The van der Waals surface area contributed by atoms with E-state index >= 15 is 0 Å². The Hall–Kier alpha value is -3.27. The molecule has 28 heavy (non-hydrogen) atoms. The summed E-state index contributed by atoms with van der Waals surface area (Å²) in [5.41, 5.74) is 5.39. The molecule has 144 valence electrons. The lowest BCUT2D eigenvalue weighted by atomic mass is 10.1. The van der Waals surface area contributed by atoms with Crippen molar-refractivity contribution >= 4 is 28.8 Å². The van der Waals surface area contributed by atoms with Crippen molar-refractivity contribution in [2.24, 2.45) is 5.73 Å². The molecule has 0 aliphatic heterocycles. The summed E-state index contributed by atoms with van der Waals surface area (Å²) in [7, 11) is 0. The topological polar surface area (TPSA) is 98.0 Å². The van der Waals surface area contributed by atoms with Gasteiger partial charge in [-0.05, 0) is 31.2 Å². The molecule has 1 aromatic carbocycles. The van der Waals surface area contributed by atoms with E-state index in [4.69, 9.17) is 5.73 Å². The zero-order chi connectivity index (χ0) is 20.5. The van der Waals surface area contributed by atoms with Crippen LogP contribution in [0, 0.1) is 6.92 Å². The molecule has 3 N–H and O–H groups in total. The van der Waals surface area contributed by atoms with Gasteiger partial charge in [-0.15, -0.1) is 11.3 Å². The third kappa shape index (κ3) is 4.17. The lowest BCUT2D eigenvalue weighted by molar-refractivity contribution is -0.137. The van der Waals surface area contributed by atoms with Gasteiger partial charge in [0, 0.05) is 10.4 Å². The third-order valence-corrected chi connectivity index (χ3v) is 4.76. The van der Waals surface area contributed by atoms with E-state index in [0.29, 0.717) is 21.1 Å². The summed E-state index contributed by atoms with van der Waals surface area (Å²) >= 11 is 1.20. The Bertz CT molecular complexity index is 1030. The maximum absolute atomic E-state index is 12.7. The number of aryl methyl sites for hydroxylation is 1. The number of aromatic nitrogens is 2. The lowest BCUT2D eigenvalue weighted by Crippen LogP contribution is -2.15. The van der Waals surface area contributed by atoms with Crippen LogP contribution in [0.25, 0.3) is 10.6 Å². The number of pyridine rings is 1. The number of hydrogen-bond acceptors (Lipinski definition) is 5. The van der Waals surface area contributed by atoms with Crippen molar-refractivity contribution in [2.75, 3.05) is 5.32 Å². The maximum Gasteiger partial charge on any atom is 0.416 e. The van der Waals surface area contributed by atoms with Gasteiger partial charge in [0.1, 0.15) is 16.4 Å². The van der Waals surface area contributed by atoms with Crippen molar-refractivity contribution in [2.45, 2.75) is 13.1 Å². The minimum absolute atomic E-state index is 0.0624. The van der Waals surface area contributed by atoms with E-state index in [1.54, 1.807) is 6.92 Å². The van der Waals surface area contributed by atoms with Gasteiger partial charge in [0.25, 0.3) is 11.8 Å². The van der Waals surface area contributed by atoms with Crippen LogP contribution in [-0.4, -0.2) is 21.8 Å². The molecule has 0 atom stereocenters. The summed E-state index contributed by atoms with van der Waals surface area (Å²) in [6.07, 6.45) is -3.13. The molecule has 0 spiro atoms. The first-order valence-corrected chi connectivity index (χ1v) is 8.69. The number of halogens is 3. The molecule has 0 fully saturated rings. The number of nitrogens with one attached hydrogen (secondary N) is 1. The van der Waals surface area contributed by atoms with Crippen molar-refractivity contribution in [1.82, 2.24) is 9.97 Å². The van der Waals surface area contributed by atoms with Crippen molar-refractivity contribution in [3.8, 4) is 10.6 Å². The van der Waals surface area contributed by atoms with Crippen LogP contribution in [0.4, 0.5) is 18.9 Å². The zero-order valence-corrected chi connectivity index (χ0v) is 15.2. The van der Waals surface area contributed by atoms with Gasteiger partial charge in [0.05, 0.1) is 17.4 Å². The molecule has 0 bridgehead atoms. The highest BCUT2D eigenvalue weighted by Gasteiger charge is 2.30. The van der Waals surface area contributed by atoms with Crippen LogP contribution in [0.15, 0.2) is 42.6 Å². The highest BCUT2D eigenvalue weighted by molar-refractivity contribution is 7.15. The molecular weight excluding hydrogens is 393 g/mol. The average Bonchev–Trinajstić information content (AvgIpc) is 3.03. The van der Waals surface area contributed by atoms with E-state index in [1.165, 1.54) is 41.8 Å². The van der Waals surface area contributed by atoms with Gasteiger partial charge in [0.2, 0.25) is 0 Å². The van der Waals surface area contributed by atoms with Crippen LogP contribution in [0.1, 0.15) is 31.4 Å². The third-order valence-electron chi connectivity index (χ3n) is 3.74. The number of thiazole rings is 1.